The molecule has 7 nitrogen and oxygen atoms in total. The molecule has 1 aromatic carbocycles. The Labute approximate surface area is 171 Å². The summed E-state index contributed by atoms with van der Waals surface area (Å²) in [5.74, 6) is 0.0598. The Morgan fingerprint density at radius 1 is 1.24 bits per heavy atom. The maximum absolute atomic E-state index is 12.9. The van der Waals surface area contributed by atoms with Crippen molar-refractivity contribution in [2.45, 2.75) is 45.0 Å². The summed E-state index contributed by atoms with van der Waals surface area (Å²) in [6.45, 7) is 4.18. The van der Waals surface area contributed by atoms with E-state index >= 15 is 0 Å². The van der Waals surface area contributed by atoms with Gasteiger partial charge in [0, 0.05) is 43.3 Å². The van der Waals surface area contributed by atoms with E-state index in [-0.39, 0.29) is 23.9 Å². The van der Waals surface area contributed by atoms with Gasteiger partial charge in [0.1, 0.15) is 17.6 Å². The van der Waals surface area contributed by atoms with Crippen LogP contribution in [0.2, 0.25) is 0 Å². The van der Waals surface area contributed by atoms with E-state index in [2.05, 4.69) is 27.7 Å². The fraction of sp³-hybridized carbons (Fsp3) is 0.409. The van der Waals surface area contributed by atoms with Gasteiger partial charge < -0.3 is 30.6 Å². The highest BCUT2D eigenvalue weighted by Gasteiger charge is 2.33. The van der Waals surface area contributed by atoms with E-state index in [0.29, 0.717) is 18.7 Å². The lowest BCUT2D eigenvalue weighted by Gasteiger charge is -2.31. The van der Waals surface area contributed by atoms with Crippen molar-refractivity contribution in [1.29, 1.82) is 0 Å². The molecule has 3 heterocycles. The third kappa shape index (κ3) is 4.10. The molecule has 1 aromatic rings. The van der Waals surface area contributed by atoms with Crippen LogP contribution in [0.25, 0.3) is 0 Å². The van der Waals surface area contributed by atoms with Crippen molar-refractivity contribution in [3.05, 3.63) is 65.3 Å². The normalized spacial score (nSPS) is 21.7. The number of piperidine rings is 1. The minimum atomic E-state index is -0.224. The van der Waals surface area contributed by atoms with Gasteiger partial charge in [-0.25, -0.2) is 0 Å². The van der Waals surface area contributed by atoms with Gasteiger partial charge in [0.25, 0.3) is 5.91 Å². The lowest BCUT2D eigenvalue weighted by atomic mass is 10.1. The number of nitrogens with one attached hydrogen (secondary N) is 2. The number of nitrogens with zero attached hydrogens (tertiary/aromatic N) is 2. The van der Waals surface area contributed by atoms with Crippen molar-refractivity contribution >= 4 is 11.6 Å². The number of carbonyl (C=O) groups is 1. The van der Waals surface area contributed by atoms with Crippen LogP contribution < -0.4 is 15.5 Å². The van der Waals surface area contributed by atoms with Crippen LogP contribution in [0.15, 0.2) is 59.8 Å². The number of carbonyl (C=O) groups excluding carboxylic acids is 1. The predicted molar refractivity (Wildman–Crippen MR) is 112 cm³/mol. The summed E-state index contributed by atoms with van der Waals surface area (Å²) < 4.78 is 0. The lowest BCUT2D eigenvalue weighted by molar-refractivity contribution is -0.118. The second-order valence-corrected chi connectivity index (χ2v) is 7.65. The van der Waals surface area contributed by atoms with E-state index in [9.17, 15) is 15.0 Å². The number of amides is 1. The van der Waals surface area contributed by atoms with Crippen LogP contribution >= 0.6 is 0 Å². The number of rotatable bonds is 5. The Morgan fingerprint density at radius 3 is 2.66 bits per heavy atom. The Kier molecular flexibility index (Phi) is 5.49. The van der Waals surface area contributed by atoms with Crippen LogP contribution in [0.4, 0.5) is 5.69 Å². The van der Waals surface area contributed by atoms with Gasteiger partial charge in [-0.2, -0.15) is 0 Å². The number of aliphatic hydroxyl groups excluding tert-OH is 2. The first kappa shape index (κ1) is 19.4. The molecule has 1 unspecified atom stereocenters. The highest BCUT2D eigenvalue weighted by atomic mass is 16.3. The fourth-order valence-electron chi connectivity index (χ4n) is 4.01. The highest BCUT2D eigenvalue weighted by Crippen LogP contribution is 2.27. The van der Waals surface area contributed by atoms with Crippen LogP contribution in [0, 0.1) is 0 Å². The number of hydrogen-bond donors (Lipinski definition) is 4. The van der Waals surface area contributed by atoms with E-state index in [4.69, 9.17) is 0 Å². The summed E-state index contributed by atoms with van der Waals surface area (Å²) in [6.07, 6.45) is 6.92. The second-order valence-electron chi connectivity index (χ2n) is 7.65. The summed E-state index contributed by atoms with van der Waals surface area (Å²) in [5, 5.41) is 25.6. The third-order valence-corrected chi connectivity index (χ3v) is 5.69. The largest absolute Gasteiger partial charge is 0.508 e. The topological polar surface area (TPSA) is 88.1 Å². The molecule has 0 spiro atoms. The maximum atomic E-state index is 12.9. The van der Waals surface area contributed by atoms with Crippen LogP contribution in [0.5, 0.6) is 0 Å². The molecular formula is C22H28N4O3. The first-order valence-corrected chi connectivity index (χ1v) is 10.2. The van der Waals surface area contributed by atoms with Crippen molar-refractivity contribution in [3.63, 3.8) is 0 Å². The number of benzene rings is 1. The standard InChI is InChI=1S/C22H28N4O3/c1-2-19-21(26-12-9-18(28)13-20(26)24-19)22(29)23-14-15-3-5-16(6-4-15)25-10-7-17(27)8-11-25/h3-6,9,12-13,17,20,24,27-28H,2,7-8,10-11,14H2,1H3,(H,23,29). The molecule has 4 rings (SSSR count). The van der Waals surface area contributed by atoms with Gasteiger partial charge >= 0.3 is 0 Å². The zero-order valence-corrected chi connectivity index (χ0v) is 16.6. The van der Waals surface area contributed by atoms with E-state index in [1.165, 1.54) is 0 Å². The monoisotopic (exact) mass is 396 g/mol. The van der Waals surface area contributed by atoms with E-state index < -0.39 is 0 Å². The van der Waals surface area contributed by atoms with E-state index in [1.807, 2.05) is 24.0 Å². The number of hydrogen-bond acceptors (Lipinski definition) is 6. The molecule has 1 atom stereocenters. The summed E-state index contributed by atoms with van der Waals surface area (Å²) in [4.78, 5) is 17.0. The van der Waals surface area contributed by atoms with Gasteiger partial charge in [0.15, 0.2) is 0 Å². The molecule has 0 bridgehead atoms. The smallest absolute Gasteiger partial charge is 0.270 e. The van der Waals surface area contributed by atoms with Gasteiger partial charge in [0.05, 0.1) is 6.10 Å². The summed E-state index contributed by atoms with van der Waals surface area (Å²) in [5.41, 5.74) is 3.65. The molecule has 1 fully saturated rings. The molecule has 154 valence electrons. The highest BCUT2D eigenvalue weighted by molar-refractivity contribution is 5.94. The SMILES string of the molecule is CCC1=C(C(=O)NCc2ccc(N3CCC(O)CC3)cc2)N2C=CC(O)=CC2N1. The van der Waals surface area contributed by atoms with Crippen LogP contribution in [-0.2, 0) is 11.3 Å². The lowest BCUT2D eigenvalue weighted by Crippen LogP contribution is -2.37. The van der Waals surface area contributed by atoms with E-state index in [1.54, 1.807) is 18.4 Å². The molecule has 1 saturated heterocycles. The van der Waals surface area contributed by atoms with Crippen molar-refractivity contribution in [2.75, 3.05) is 18.0 Å². The number of aliphatic hydroxyl groups is 2. The molecule has 29 heavy (non-hydrogen) atoms. The zero-order valence-electron chi connectivity index (χ0n) is 16.6. The predicted octanol–water partition coefficient (Wildman–Crippen LogP) is 2.09. The molecule has 0 saturated carbocycles. The van der Waals surface area contributed by atoms with Gasteiger partial charge in [-0.15, -0.1) is 0 Å². The third-order valence-electron chi connectivity index (χ3n) is 5.69. The quantitative estimate of drug-likeness (QED) is 0.610. The molecular weight excluding hydrogens is 368 g/mol. The summed E-state index contributed by atoms with van der Waals surface area (Å²) in [6, 6.07) is 8.22. The van der Waals surface area contributed by atoms with Gasteiger partial charge in [-0.05, 0) is 43.0 Å². The number of allylic oxidation sites excluding steroid dienone is 2. The maximum Gasteiger partial charge on any atom is 0.270 e. The minimum absolute atomic E-state index is 0.134. The first-order chi connectivity index (χ1) is 14.0. The molecule has 0 radical (unpaired) electrons. The molecule has 1 amide bonds. The van der Waals surface area contributed by atoms with Crippen LogP contribution in [0.1, 0.15) is 31.7 Å². The Morgan fingerprint density at radius 2 is 1.97 bits per heavy atom. The van der Waals surface area contributed by atoms with Crippen LogP contribution in [-0.4, -0.2) is 46.4 Å². The van der Waals surface area contributed by atoms with Crippen molar-refractivity contribution < 1.29 is 15.0 Å². The number of anilines is 1. The second kappa shape index (κ2) is 8.21. The Hall–Kier alpha value is -2.93. The van der Waals surface area contributed by atoms with E-state index in [0.717, 1.165) is 42.9 Å². The summed E-state index contributed by atoms with van der Waals surface area (Å²) in [7, 11) is 0. The van der Waals surface area contributed by atoms with Crippen molar-refractivity contribution in [1.82, 2.24) is 15.5 Å². The molecule has 3 aliphatic heterocycles. The average Bonchev–Trinajstić information content (AvgIpc) is 3.10. The first-order valence-electron chi connectivity index (χ1n) is 10.2. The molecule has 4 N–H and O–H groups in total. The van der Waals surface area contributed by atoms with Gasteiger partial charge in [-0.3, -0.25) is 4.79 Å². The fourth-order valence-corrected chi connectivity index (χ4v) is 4.01. The van der Waals surface area contributed by atoms with Gasteiger partial charge in [-0.1, -0.05) is 19.1 Å². The molecule has 3 aliphatic rings. The van der Waals surface area contributed by atoms with Gasteiger partial charge in [0.2, 0.25) is 0 Å². The Balaban J connectivity index is 1.37. The summed E-state index contributed by atoms with van der Waals surface area (Å²) >= 11 is 0. The number of fused-ring (bicyclic) bond motifs is 1. The van der Waals surface area contributed by atoms with Crippen molar-refractivity contribution in [3.8, 4) is 0 Å². The zero-order chi connectivity index (χ0) is 20.4. The molecule has 7 heteroatoms. The minimum Gasteiger partial charge on any atom is -0.508 e. The van der Waals surface area contributed by atoms with Crippen molar-refractivity contribution in [2.24, 2.45) is 0 Å². The average molecular weight is 396 g/mol. The molecule has 0 aromatic heterocycles. The Bertz CT molecular complexity index is 851. The van der Waals surface area contributed by atoms with Crippen LogP contribution in [0.3, 0.4) is 0 Å². The molecule has 0 aliphatic carbocycles.